The van der Waals surface area contributed by atoms with Gasteiger partial charge in [0.15, 0.2) is 0 Å². The Bertz CT molecular complexity index is 257. The van der Waals surface area contributed by atoms with Gasteiger partial charge < -0.3 is 10.2 Å². The number of carbonyl (C=O) groups excluding carboxylic acids is 1. The Kier molecular flexibility index (Phi) is 6.65. The molecule has 1 aliphatic rings. The van der Waals surface area contributed by atoms with Crippen LogP contribution in [-0.2, 0) is 4.79 Å². The van der Waals surface area contributed by atoms with Crippen LogP contribution in [0.4, 0.5) is 0 Å². The van der Waals surface area contributed by atoms with Gasteiger partial charge in [-0.25, -0.2) is 0 Å². The van der Waals surface area contributed by atoms with Crippen LogP contribution >= 0.6 is 0 Å². The van der Waals surface area contributed by atoms with Gasteiger partial charge in [-0.15, -0.1) is 0 Å². The molecule has 2 unspecified atom stereocenters. The fourth-order valence-electron chi connectivity index (χ4n) is 2.62. The van der Waals surface area contributed by atoms with Gasteiger partial charge in [-0.1, -0.05) is 6.92 Å². The summed E-state index contributed by atoms with van der Waals surface area (Å²) in [6.07, 6.45) is 2.49. The zero-order valence-electron chi connectivity index (χ0n) is 12.4. The molecule has 4 heteroatoms. The van der Waals surface area contributed by atoms with Gasteiger partial charge in [0, 0.05) is 26.2 Å². The molecular weight excluding hydrogens is 226 g/mol. The number of likely N-dealkylation sites (tertiary alicyclic amines) is 1. The largest absolute Gasteiger partial charge is 0.345 e. The van der Waals surface area contributed by atoms with Gasteiger partial charge in [0.25, 0.3) is 0 Å². The Morgan fingerprint density at radius 1 is 1.50 bits per heavy atom. The first kappa shape index (κ1) is 15.4. The average molecular weight is 255 g/mol. The van der Waals surface area contributed by atoms with E-state index in [1.54, 1.807) is 4.90 Å². The molecule has 1 amide bonds. The van der Waals surface area contributed by atoms with Gasteiger partial charge in [0.05, 0.1) is 6.54 Å². The first-order chi connectivity index (χ1) is 8.58. The third-order valence-corrected chi connectivity index (χ3v) is 4.03. The summed E-state index contributed by atoms with van der Waals surface area (Å²) in [4.78, 5) is 16.0. The lowest BCUT2D eigenvalue weighted by atomic mass is 9.91. The highest BCUT2D eigenvalue weighted by Gasteiger charge is 2.25. The summed E-state index contributed by atoms with van der Waals surface area (Å²) >= 11 is 0. The molecule has 1 N–H and O–H groups in total. The minimum atomic E-state index is 0.245. The number of hydrogen-bond acceptors (Lipinski definition) is 3. The molecule has 1 aliphatic heterocycles. The number of piperidine rings is 1. The van der Waals surface area contributed by atoms with Crippen molar-refractivity contribution in [2.45, 2.75) is 39.7 Å². The summed E-state index contributed by atoms with van der Waals surface area (Å²) in [5, 5.41) is 3.50. The molecule has 0 aromatic rings. The van der Waals surface area contributed by atoms with Crippen LogP contribution < -0.4 is 5.32 Å². The van der Waals surface area contributed by atoms with Gasteiger partial charge in [0.2, 0.25) is 5.91 Å². The van der Waals surface area contributed by atoms with Gasteiger partial charge in [-0.3, -0.25) is 9.69 Å². The molecule has 1 saturated heterocycles. The zero-order valence-corrected chi connectivity index (χ0v) is 12.4. The summed E-state index contributed by atoms with van der Waals surface area (Å²) in [6.45, 7) is 11.0. The normalized spacial score (nSPS) is 22.8. The molecule has 0 bridgehead atoms. The lowest BCUT2D eigenvalue weighted by Gasteiger charge is -2.36. The highest BCUT2D eigenvalue weighted by molar-refractivity contribution is 5.77. The topological polar surface area (TPSA) is 35.6 Å². The van der Waals surface area contributed by atoms with Gasteiger partial charge in [0.1, 0.15) is 0 Å². The first-order valence-electron chi connectivity index (χ1n) is 7.28. The standard InChI is InChI=1S/C14H29N3O/c1-5-15-12(3)13-8-7-9-17(10-13)11-14(18)16(4)6-2/h12-13,15H,5-11H2,1-4H3. The van der Waals surface area contributed by atoms with Crippen LogP contribution in [0.2, 0.25) is 0 Å². The van der Waals surface area contributed by atoms with Crippen molar-refractivity contribution in [1.29, 1.82) is 0 Å². The van der Waals surface area contributed by atoms with Gasteiger partial charge in [-0.05, 0) is 45.7 Å². The maximum Gasteiger partial charge on any atom is 0.236 e. The van der Waals surface area contributed by atoms with Crippen LogP contribution in [-0.4, -0.2) is 61.5 Å². The Morgan fingerprint density at radius 3 is 2.83 bits per heavy atom. The minimum Gasteiger partial charge on any atom is -0.345 e. The molecule has 18 heavy (non-hydrogen) atoms. The molecule has 0 aliphatic carbocycles. The van der Waals surface area contributed by atoms with Gasteiger partial charge in [-0.2, -0.15) is 0 Å². The molecule has 0 aromatic carbocycles. The zero-order chi connectivity index (χ0) is 13.5. The van der Waals surface area contributed by atoms with E-state index in [4.69, 9.17) is 0 Å². The second kappa shape index (κ2) is 7.74. The van der Waals surface area contributed by atoms with Crippen molar-refractivity contribution in [2.75, 3.05) is 39.8 Å². The van der Waals surface area contributed by atoms with Crippen LogP contribution in [0, 0.1) is 5.92 Å². The Labute approximate surface area is 112 Å². The van der Waals surface area contributed by atoms with Crippen molar-refractivity contribution in [3.63, 3.8) is 0 Å². The predicted molar refractivity (Wildman–Crippen MR) is 75.6 cm³/mol. The maximum atomic E-state index is 11.9. The second-order valence-electron chi connectivity index (χ2n) is 5.39. The highest BCUT2D eigenvalue weighted by Crippen LogP contribution is 2.19. The number of hydrogen-bond donors (Lipinski definition) is 1. The van der Waals surface area contributed by atoms with E-state index in [2.05, 4.69) is 24.1 Å². The Morgan fingerprint density at radius 2 is 2.22 bits per heavy atom. The van der Waals surface area contributed by atoms with E-state index in [0.717, 1.165) is 26.2 Å². The van der Waals surface area contributed by atoms with E-state index < -0.39 is 0 Å². The van der Waals surface area contributed by atoms with Crippen LogP contribution in [0.3, 0.4) is 0 Å². The Balaban J connectivity index is 2.41. The van der Waals surface area contributed by atoms with E-state index in [1.807, 2.05) is 14.0 Å². The molecule has 106 valence electrons. The smallest absolute Gasteiger partial charge is 0.236 e. The van der Waals surface area contributed by atoms with Crippen LogP contribution in [0.15, 0.2) is 0 Å². The third kappa shape index (κ3) is 4.58. The molecular formula is C14H29N3O. The molecule has 1 rings (SSSR count). The molecule has 1 fully saturated rings. The van der Waals surface area contributed by atoms with Gasteiger partial charge >= 0.3 is 0 Å². The molecule has 0 aromatic heterocycles. The lowest BCUT2D eigenvalue weighted by molar-refractivity contribution is -0.131. The second-order valence-corrected chi connectivity index (χ2v) is 5.39. The van der Waals surface area contributed by atoms with Crippen molar-refractivity contribution < 1.29 is 4.79 Å². The summed E-state index contributed by atoms with van der Waals surface area (Å²) in [5.74, 6) is 0.924. The number of rotatable bonds is 6. The van der Waals surface area contributed by atoms with Crippen LogP contribution in [0.1, 0.15) is 33.6 Å². The summed E-state index contributed by atoms with van der Waals surface area (Å²) < 4.78 is 0. The fraction of sp³-hybridized carbons (Fsp3) is 0.929. The van der Waals surface area contributed by atoms with Crippen molar-refractivity contribution in [2.24, 2.45) is 5.92 Å². The van der Waals surface area contributed by atoms with Crippen molar-refractivity contribution in [3.8, 4) is 0 Å². The third-order valence-electron chi connectivity index (χ3n) is 4.03. The van der Waals surface area contributed by atoms with E-state index in [0.29, 0.717) is 18.5 Å². The van der Waals surface area contributed by atoms with Crippen LogP contribution in [0.25, 0.3) is 0 Å². The van der Waals surface area contributed by atoms with Crippen molar-refractivity contribution in [1.82, 2.24) is 15.1 Å². The molecule has 2 atom stereocenters. The number of nitrogens with one attached hydrogen (secondary N) is 1. The highest BCUT2D eigenvalue weighted by atomic mass is 16.2. The molecule has 1 heterocycles. The number of nitrogens with zero attached hydrogens (tertiary/aromatic N) is 2. The quantitative estimate of drug-likeness (QED) is 0.774. The number of amides is 1. The van der Waals surface area contributed by atoms with E-state index >= 15 is 0 Å². The van der Waals surface area contributed by atoms with Crippen molar-refractivity contribution in [3.05, 3.63) is 0 Å². The predicted octanol–water partition coefficient (Wildman–Crippen LogP) is 1.17. The summed E-state index contributed by atoms with van der Waals surface area (Å²) in [7, 11) is 1.88. The number of likely N-dealkylation sites (N-methyl/N-ethyl adjacent to an activating group) is 1. The first-order valence-corrected chi connectivity index (χ1v) is 7.28. The molecule has 4 nitrogen and oxygen atoms in total. The Hall–Kier alpha value is -0.610. The van der Waals surface area contributed by atoms with E-state index in [9.17, 15) is 4.79 Å². The SMILES string of the molecule is CCNC(C)C1CCCN(CC(=O)N(C)CC)C1. The maximum absolute atomic E-state index is 11.9. The average Bonchev–Trinajstić information content (AvgIpc) is 2.38. The fourth-order valence-corrected chi connectivity index (χ4v) is 2.62. The summed E-state index contributed by atoms with van der Waals surface area (Å²) in [5.41, 5.74) is 0. The number of carbonyl (C=O) groups is 1. The molecule has 0 saturated carbocycles. The van der Waals surface area contributed by atoms with E-state index in [1.165, 1.54) is 12.8 Å². The van der Waals surface area contributed by atoms with E-state index in [-0.39, 0.29) is 5.91 Å². The summed E-state index contributed by atoms with van der Waals surface area (Å²) in [6, 6.07) is 0.553. The van der Waals surface area contributed by atoms with Crippen molar-refractivity contribution >= 4 is 5.91 Å². The molecule has 0 radical (unpaired) electrons. The monoisotopic (exact) mass is 255 g/mol. The minimum absolute atomic E-state index is 0.245. The van der Waals surface area contributed by atoms with Crippen LogP contribution in [0.5, 0.6) is 0 Å². The molecule has 0 spiro atoms. The lowest BCUT2D eigenvalue weighted by Crippen LogP contribution is -2.47.